The second-order valence-electron chi connectivity index (χ2n) is 4.93. The molecule has 1 nitrogen and oxygen atoms in total. The minimum atomic E-state index is -1.14. The van der Waals surface area contributed by atoms with E-state index < -0.39 is 14.5 Å². The smallest absolute Gasteiger partial charge is 0.454 e. The fraction of sp³-hybridized carbons (Fsp3) is 0.250. The van der Waals surface area contributed by atoms with Crippen LogP contribution in [0, 0.1) is 0 Å². The van der Waals surface area contributed by atoms with Crippen molar-refractivity contribution >= 4 is 14.5 Å². The maximum atomic E-state index is 6.35. The lowest BCUT2D eigenvalue weighted by atomic mass is 9.88. The molecule has 92 valence electrons. The lowest BCUT2D eigenvalue weighted by molar-refractivity contribution is 0.133. The van der Waals surface area contributed by atoms with Crippen LogP contribution in [0.1, 0.15) is 18.1 Å². The van der Waals surface area contributed by atoms with Gasteiger partial charge in [-0.15, -0.1) is 0 Å². The fourth-order valence-corrected chi connectivity index (χ4v) is 3.50. The summed E-state index contributed by atoms with van der Waals surface area (Å²) in [6, 6.07) is 20.9. The van der Waals surface area contributed by atoms with Crippen LogP contribution in [0.25, 0.3) is 0 Å². The second-order valence-corrected chi connectivity index (χ2v) is 7.27. The molecule has 0 N–H and O–H groups in total. The summed E-state index contributed by atoms with van der Waals surface area (Å²) in [5, 5.41) is 0. The molecule has 0 atom stereocenters. The van der Waals surface area contributed by atoms with Crippen LogP contribution in [0.2, 0.25) is 11.6 Å². The Kier molecular flexibility index (Phi) is 4.24. The Morgan fingerprint density at radius 1 is 0.778 bits per heavy atom. The van der Waals surface area contributed by atoms with E-state index in [4.69, 9.17) is 3.79 Å². The summed E-state index contributed by atoms with van der Waals surface area (Å²) < 4.78 is 6.35. The van der Waals surface area contributed by atoms with Crippen molar-refractivity contribution in [3.05, 3.63) is 71.8 Å². The van der Waals surface area contributed by atoms with Crippen molar-refractivity contribution in [3.63, 3.8) is 0 Å². The lowest BCUT2D eigenvalue weighted by Crippen LogP contribution is -2.32. The van der Waals surface area contributed by atoms with Gasteiger partial charge in [0.2, 0.25) is 0 Å². The van der Waals surface area contributed by atoms with Gasteiger partial charge in [-0.25, -0.2) is 0 Å². The van der Waals surface area contributed by atoms with Crippen molar-refractivity contribution in [2.24, 2.45) is 0 Å². The molecule has 2 aromatic carbocycles. The highest BCUT2D eigenvalue weighted by atomic mass is 27.2. The standard InChI is InChI=1S/C14H13O.2CH3.Al/c1-14(15,12-8-4-2-5-9-12)13-10-6-3-7-11-13;;;/h2-11H,1H3;2*1H3;/q-1;;;+1. The molecule has 0 fully saturated rings. The molecule has 0 saturated carbocycles. The van der Waals surface area contributed by atoms with Gasteiger partial charge in [-0.2, -0.15) is 0 Å². The largest absolute Gasteiger partial charge is 0.489 e. The molecule has 0 aliphatic carbocycles. The number of hydrogen-bond donors (Lipinski definition) is 0. The minimum absolute atomic E-state index is 0.330. The highest BCUT2D eigenvalue weighted by Crippen LogP contribution is 2.33. The Morgan fingerprint density at radius 3 is 1.50 bits per heavy atom. The molecule has 2 heteroatoms. The third-order valence-electron chi connectivity index (χ3n) is 3.12. The van der Waals surface area contributed by atoms with Crippen molar-refractivity contribution in [2.45, 2.75) is 24.1 Å². The van der Waals surface area contributed by atoms with Crippen LogP contribution in [0.15, 0.2) is 60.7 Å². The Morgan fingerprint density at radius 2 is 1.17 bits per heavy atom. The molecular weight excluding hydrogens is 235 g/mol. The fourth-order valence-electron chi connectivity index (χ4n) is 2.29. The van der Waals surface area contributed by atoms with E-state index in [2.05, 4.69) is 67.0 Å². The zero-order valence-corrected chi connectivity index (χ0v) is 12.4. The van der Waals surface area contributed by atoms with Crippen LogP contribution >= 0.6 is 0 Å². The third-order valence-corrected chi connectivity index (χ3v) is 4.06. The van der Waals surface area contributed by atoms with Gasteiger partial charge in [-0.3, -0.25) is 0 Å². The monoisotopic (exact) mass is 254 g/mol. The van der Waals surface area contributed by atoms with E-state index in [1.54, 1.807) is 0 Å². The molecule has 0 aromatic heterocycles. The molecule has 0 amide bonds. The maximum absolute atomic E-state index is 6.35. The first-order chi connectivity index (χ1) is 8.63. The molecule has 0 radical (unpaired) electrons. The Hall–Kier alpha value is -1.07. The van der Waals surface area contributed by atoms with Gasteiger partial charge in [0.25, 0.3) is 0 Å². The van der Waals surface area contributed by atoms with Gasteiger partial charge in [0.1, 0.15) is 0 Å². The molecule has 18 heavy (non-hydrogen) atoms. The van der Waals surface area contributed by atoms with Crippen LogP contribution in [-0.2, 0) is 9.39 Å². The van der Waals surface area contributed by atoms with Crippen molar-refractivity contribution in [1.82, 2.24) is 0 Å². The zero-order chi connectivity index (χ0) is 13.0. The topological polar surface area (TPSA) is 9.23 Å². The quantitative estimate of drug-likeness (QED) is 0.742. The van der Waals surface area contributed by atoms with Gasteiger partial charge in [-0.05, 0) is 18.1 Å². The van der Waals surface area contributed by atoms with E-state index in [9.17, 15) is 0 Å². The van der Waals surface area contributed by atoms with Crippen molar-refractivity contribution in [3.8, 4) is 0 Å². The maximum Gasteiger partial charge on any atom is 0.454 e. The summed E-state index contributed by atoms with van der Waals surface area (Å²) >= 11 is -1.14. The van der Waals surface area contributed by atoms with Gasteiger partial charge in [0, 0.05) is 0 Å². The number of hydrogen-bond acceptors (Lipinski definition) is 1. The molecule has 0 spiro atoms. The SMILES string of the molecule is [CH3][Al]([CH3])[O]C(C)(c1ccccc1)c1ccccc1. The first kappa shape index (κ1) is 13.4. The van der Waals surface area contributed by atoms with Crippen LogP contribution in [-0.4, -0.2) is 14.5 Å². The minimum Gasteiger partial charge on any atom is -0.489 e. The molecule has 0 unspecified atom stereocenters. The van der Waals surface area contributed by atoms with Crippen LogP contribution in [0.3, 0.4) is 0 Å². The summed E-state index contributed by atoms with van der Waals surface area (Å²) in [6.07, 6.45) is 0. The normalized spacial score (nSPS) is 11.3. The third kappa shape index (κ3) is 2.84. The molecule has 0 saturated heterocycles. The van der Waals surface area contributed by atoms with E-state index in [1.165, 1.54) is 11.1 Å². The van der Waals surface area contributed by atoms with E-state index in [-0.39, 0.29) is 5.60 Å². The number of benzene rings is 2. The molecular formula is C16H19AlO. The molecule has 0 heterocycles. The molecule has 0 bridgehead atoms. The van der Waals surface area contributed by atoms with Gasteiger partial charge in [-0.1, -0.05) is 72.2 Å². The van der Waals surface area contributed by atoms with Gasteiger partial charge in [0.05, 0.1) is 5.60 Å². The highest BCUT2D eigenvalue weighted by Gasteiger charge is 2.30. The van der Waals surface area contributed by atoms with Gasteiger partial charge < -0.3 is 3.79 Å². The Bertz CT molecular complexity index is 439. The zero-order valence-electron chi connectivity index (χ0n) is 11.3. The second kappa shape index (κ2) is 5.71. The summed E-state index contributed by atoms with van der Waals surface area (Å²) in [4.78, 5) is 0. The Labute approximate surface area is 114 Å². The van der Waals surface area contributed by atoms with Crippen LogP contribution < -0.4 is 0 Å². The lowest BCUT2D eigenvalue weighted by Gasteiger charge is -2.34. The van der Waals surface area contributed by atoms with E-state index in [1.807, 2.05) is 12.1 Å². The predicted octanol–water partition coefficient (Wildman–Crippen LogP) is 4.22. The first-order valence-electron chi connectivity index (χ1n) is 6.42. The van der Waals surface area contributed by atoms with Crippen molar-refractivity contribution < 1.29 is 3.79 Å². The van der Waals surface area contributed by atoms with Crippen LogP contribution in [0.4, 0.5) is 0 Å². The average molecular weight is 254 g/mol. The predicted molar refractivity (Wildman–Crippen MR) is 77.9 cm³/mol. The molecule has 0 aliphatic rings. The molecule has 2 rings (SSSR count). The van der Waals surface area contributed by atoms with Crippen molar-refractivity contribution in [2.75, 3.05) is 0 Å². The van der Waals surface area contributed by atoms with Gasteiger partial charge >= 0.3 is 14.5 Å². The van der Waals surface area contributed by atoms with Gasteiger partial charge in [0.15, 0.2) is 0 Å². The van der Waals surface area contributed by atoms with E-state index in [0.29, 0.717) is 0 Å². The summed E-state index contributed by atoms with van der Waals surface area (Å²) in [6.45, 7) is 2.17. The van der Waals surface area contributed by atoms with Crippen LogP contribution in [0.5, 0.6) is 0 Å². The summed E-state index contributed by atoms with van der Waals surface area (Å²) in [7, 11) is 0. The molecule has 0 aliphatic heterocycles. The van der Waals surface area contributed by atoms with Crippen molar-refractivity contribution in [1.29, 1.82) is 0 Å². The summed E-state index contributed by atoms with van der Waals surface area (Å²) in [5.41, 5.74) is 2.11. The highest BCUT2D eigenvalue weighted by molar-refractivity contribution is 6.48. The molecule has 2 aromatic rings. The summed E-state index contributed by atoms with van der Waals surface area (Å²) in [5.74, 6) is 4.42. The first-order valence-corrected chi connectivity index (χ1v) is 9.20. The van der Waals surface area contributed by atoms with E-state index in [0.717, 1.165) is 0 Å². The average Bonchev–Trinajstić information content (AvgIpc) is 2.40. The van der Waals surface area contributed by atoms with E-state index >= 15 is 0 Å². The Balaban J connectivity index is 2.48. The number of rotatable bonds is 4.